The van der Waals surface area contributed by atoms with Gasteiger partial charge >= 0.3 is 5.97 Å². The van der Waals surface area contributed by atoms with Gasteiger partial charge in [0, 0.05) is 0 Å². The van der Waals surface area contributed by atoms with Crippen molar-refractivity contribution in [2.75, 3.05) is 0 Å². The molecular formula is C17H13ClO2. The zero-order valence-corrected chi connectivity index (χ0v) is 11.5. The van der Waals surface area contributed by atoms with Crippen molar-refractivity contribution in [1.29, 1.82) is 0 Å². The first-order valence-corrected chi connectivity index (χ1v) is 7.13. The first-order chi connectivity index (χ1) is 9.61. The maximum absolute atomic E-state index is 11.5. The molecule has 0 saturated heterocycles. The van der Waals surface area contributed by atoms with Crippen molar-refractivity contribution in [3.63, 3.8) is 0 Å². The van der Waals surface area contributed by atoms with Crippen LogP contribution in [0.25, 0.3) is 0 Å². The normalized spacial score (nSPS) is 25.9. The SMILES string of the molecule is O=C(O)c1cccc2c1C1Cc3ccccc3C2(Cl)C1. The molecule has 0 amide bonds. The van der Waals surface area contributed by atoms with Crippen LogP contribution in [-0.2, 0) is 11.3 Å². The quantitative estimate of drug-likeness (QED) is 0.806. The number of rotatable bonds is 1. The standard InChI is InChI=1S/C17H13ClO2/c18-17-9-11(8-10-4-1-2-6-13(10)17)15-12(16(19)20)5-3-7-14(15)17/h1-7,11H,8-9H2,(H,19,20). The summed E-state index contributed by atoms with van der Waals surface area (Å²) in [4.78, 5) is 10.9. The zero-order valence-electron chi connectivity index (χ0n) is 10.8. The lowest BCUT2D eigenvalue weighted by Crippen LogP contribution is -2.23. The number of fused-ring (bicyclic) bond motifs is 7. The lowest BCUT2D eigenvalue weighted by molar-refractivity contribution is 0.0695. The van der Waals surface area contributed by atoms with Gasteiger partial charge in [-0.15, -0.1) is 11.6 Å². The molecular weight excluding hydrogens is 272 g/mol. The van der Waals surface area contributed by atoms with Crippen molar-refractivity contribution in [3.8, 4) is 0 Å². The highest BCUT2D eigenvalue weighted by Crippen LogP contribution is 2.58. The van der Waals surface area contributed by atoms with Crippen molar-refractivity contribution in [2.24, 2.45) is 0 Å². The highest BCUT2D eigenvalue weighted by Gasteiger charge is 2.49. The van der Waals surface area contributed by atoms with Gasteiger partial charge in [-0.25, -0.2) is 4.79 Å². The summed E-state index contributed by atoms with van der Waals surface area (Å²) in [6.45, 7) is 0. The molecule has 2 aliphatic carbocycles. The summed E-state index contributed by atoms with van der Waals surface area (Å²) in [5.41, 5.74) is 4.70. The maximum Gasteiger partial charge on any atom is 0.335 e. The van der Waals surface area contributed by atoms with Gasteiger partial charge in [0.2, 0.25) is 0 Å². The van der Waals surface area contributed by atoms with Gasteiger partial charge in [0.15, 0.2) is 0 Å². The first-order valence-electron chi connectivity index (χ1n) is 6.75. The number of alkyl halides is 1. The molecule has 1 N–H and O–H groups in total. The third kappa shape index (κ3) is 1.37. The number of carboxylic acid groups (broad SMARTS) is 1. The summed E-state index contributed by atoms with van der Waals surface area (Å²) in [6, 6.07) is 13.7. The lowest BCUT2D eigenvalue weighted by atomic mass is 9.80. The lowest BCUT2D eigenvalue weighted by Gasteiger charge is -2.30. The van der Waals surface area contributed by atoms with Crippen molar-refractivity contribution >= 4 is 17.6 Å². The summed E-state index contributed by atoms with van der Waals surface area (Å²) in [7, 11) is 0. The molecule has 20 heavy (non-hydrogen) atoms. The van der Waals surface area contributed by atoms with Crippen LogP contribution in [0.4, 0.5) is 0 Å². The Morgan fingerprint density at radius 3 is 2.70 bits per heavy atom. The van der Waals surface area contributed by atoms with Gasteiger partial charge < -0.3 is 5.11 Å². The van der Waals surface area contributed by atoms with E-state index in [1.165, 1.54) is 5.56 Å². The second-order valence-corrected chi connectivity index (χ2v) is 6.28. The van der Waals surface area contributed by atoms with Gasteiger partial charge in [-0.2, -0.15) is 0 Å². The molecule has 2 unspecified atom stereocenters. The minimum atomic E-state index is -0.862. The van der Waals surface area contributed by atoms with E-state index in [9.17, 15) is 9.90 Å². The van der Waals surface area contributed by atoms with Crippen molar-refractivity contribution in [3.05, 3.63) is 70.3 Å². The number of hydrogen-bond acceptors (Lipinski definition) is 1. The molecule has 0 aliphatic heterocycles. The number of carboxylic acids is 1. The van der Waals surface area contributed by atoms with E-state index >= 15 is 0 Å². The van der Waals surface area contributed by atoms with Crippen molar-refractivity contribution in [1.82, 2.24) is 0 Å². The van der Waals surface area contributed by atoms with Crippen LogP contribution in [0.5, 0.6) is 0 Å². The summed E-state index contributed by atoms with van der Waals surface area (Å²) in [6.07, 6.45) is 1.67. The van der Waals surface area contributed by atoms with Gasteiger partial charge in [-0.05, 0) is 47.1 Å². The second-order valence-electron chi connectivity index (χ2n) is 5.64. The van der Waals surface area contributed by atoms with Gasteiger partial charge in [-0.1, -0.05) is 36.4 Å². The second kappa shape index (κ2) is 3.86. The summed E-state index contributed by atoms with van der Waals surface area (Å²) in [5.74, 6) is -0.650. The highest BCUT2D eigenvalue weighted by molar-refractivity contribution is 6.27. The van der Waals surface area contributed by atoms with Crippen LogP contribution in [-0.4, -0.2) is 11.1 Å². The van der Waals surface area contributed by atoms with E-state index in [1.807, 2.05) is 18.2 Å². The first kappa shape index (κ1) is 12.0. The molecule has 0 saturated carbocycles. The zero-order chi connectivity index (χ0) is 13.9. The van der Waals surface area contributed by atoms with Crippen molar-refractivity contribution < 1.29 is 9.90 Å². The molecule has 0 spiro atoms. The Bertz CT molecular complexity index is 738. The molecule has 3 heteroatoms. The molecule has 2 bridgehead atoms. The Morgan fingerprint density at radius 2 is 1.90 bits per heavy atom. The van der Waals surface area contributed by atoms with E-state index in [1.54, 1.807) is 12.1 Å². The smallest absolute Gasteiger partial charge is 0.335 e. The highest BCUT2D eigenvalue weighted by atomic mass is 35.5. The largest absolute Gasteiger partial charge is 0.478 e. The molecule has 2 nitrogen and oxygen atoms in total. The predicted octanol–water partition coefficient (Wildman–Crippen LogP) is 3.91. The topological polar surface area (TPSA) is 37.3 Å². The molecule has 2 aromatic carbocycles. The fraction of sp³-hybridized carbons (Fsp3) is 0.235. The number of hydrogen-bond donors (Lipinski definition) is 1. The Balaban J connectivity index is 2.03. The number of aromatic carboxylic acids is 1. The number of carbonyl (C=O) groups is 1. The molecule has 2 aliphatic rings. The molecule has 0 heterocycles. The summed E-state index contributed by atoms with van der Waals surface area (Å²) >= 11 is 6.95. The minimum absolute atomic E-state index is 0.213. The fourth-order valence-corrected chi connectivity index (χ4v) is 4.40. The third-order valence-corrected chi connectivity index (χ3v) is 5.17. The van der Waals surface area contributed by atoms with E-state index in [4.69, 9.17) is 11.6 Å². The molecule has 2 aromatic rings. The molecule has 0 radical (unpaired) electrons. The fourth-order valence-electron chi connectivity index (χ4n) is 3.87. The Hall–Kier alpha value is -1.80. The average Bonchev–Trinajstić information content (AvgIpc) is 2.69. The Labute approximate surface area is 122 Å². The molecule has 4 rings (SSSR count). The molecule has 0 aromatic heterocycles. The van der Waals surface area contributed by atoms with E-state index in [2.05, 4.69) is 12.1 Å². The van der Waals surface area contributed by atoms with Crippen molar-refractivity contribution in [2.45, 2.75) is 23.6 Å². The van der Waals surface area contributed by atoms with Gasteiger partial charge in [-0.3, -0.25) is 0 Å². The van der Waals surface area contributed by atoms with E-state index in [0.29, 0.717) is 5.56 Å². The number of benzene rings is 2. The summed E-state index contributed by atoms with van der Waals surface area (Å²) < 4.78 is 0. The monoisotopic (exact) mass is 284 g/mol. The molecule has 2 atom stereocenters. The molecule has 100 valence electrons. The van der Waals surface area contributed by atoms with Crippen LogP contribution in [0.2, 0.25) is 0 Å². The number of halogens is 1. The van der Waals surface area contributed by atoms with Crippen LogP contribution in [0, 0.1) is 0 Å². The van der Waals surface area contributed by atoms with Crippen LogP contribution >= 0.6 is 11.6 Å². The van der Waals surface area contributed by atoms with Crippen LogP contribution in [0.1, 0.15) is 45.0 Å². The van der Waals surface area contributed by atoms with Crippen LogP contribution in [0.3, 0.4) is 0 Å². The summed E-state index contributed by atoms with van der Waals surface area (Å²) in [5, 5.41) is 9.43. The molecule has 0 fully saturated rings. The van der Waals surface area contributed by atoms with E-state index in [-0.39, 0.29) is 5.92 Å². The maximum atomic E-state index is 11.5. The average molecular weight is 285 g/mol. The van der Waals surface area contributed by atoms with Gasteiger partial charge in [0.05, 0.1) is 10.4 Å². The Kier molecular flexibility index (Phi) is 2.31. The van der Waals surface area contributed by atoms with Crippen LogP contribution < -0.4 is 0 Å². The van der Waals surface area contributed by atoms with Gasteiger partial charge in [0.1, 0.15) is 0 Å². The van der Waals surface area contributed by atoms with E-state index < -0.39 is 10.8 Å². The minimum Gasteiger partial charge on any atom is -0.478 e. The third-order valence-electron chi connectivity index (χ3n) is 4.61. The van der Waals surface area contributed by atoms with Gasteiger partial charge in [0.25, 0.3) is 0 Å². The Morgan fingerprint density at radius 1 is 1.15 bits per heavy atom. The predicted molar refractivity (Wildman–Crippen MR) is 77.5 cm³/mol. The van der Waals surface area contributed by atoms with Crippen LogP contribution in [0.15, 0.2) is 42.5 Å². The van der Waals surface area contributed by atoms with E-state index in [0.717, 1.165) is 29.5 Å².